The van der Waals surface area contributed by atoms with Crippen molar-refractivity contribution < 1.29 is 4.79 Å². The molecular weight excluding hydrogens is 270 g/mol. The Morgan fingerprint density at radius 1 is 1.15 bits per heavy atom. The Hall–Kier alpha value is -2.27. The molecule has 0 unspecified atom stereocenters. The quantitative estimate of drug-likeness (QED) is 0.782. The zero-order chi connectivity index (χ0) is 14.1. The van der Waals surface area contributed by atoms with E-state index in [9.17, 15) is 4.79 Å². The smallest absolute Gasteiger partial charge is 0.255 e. The van der Waals surface area contributed by atoms with Crippen molar-refractivity contribution in [3.05, 3.63) is 53.1 Å². The minimum Gasteiger partial charge on any atom is -0.322 e. The number of aryl methyl sites for hydroxylation is 2. The average molecular weight is 283 g/mol. The zero-order valence-electron chi connectivity index (χ0n) is 11.2. The molecule has 1 aromatic heterocycles. The highest BCUT2D eigenvalue weighted by Gasteiger charge is 2.11. The van der Waals surface area contributed by atoms with Crippen LogP contribution < -0.4 is 5.32 Å². The maximum Gasteiger partial charge on any atom is 0.255 e. The first-order valence-electron chi connectivity index (χ1n) is 6.25. The lowest BCUT2D eigenvalue weighted by molar-refractivity contribution is 0.102. The van der Waals surface area contributed by atoms with Gasteiger partial charge in [0.1, 0.15) is 5.52 Å². The van der Waals surface area contributed by atoms with E-state index in [1.807, 2.05) is 44.2 Å². The Kier molecular flexibility index (Phi) is 3.20. The molecule has 0 aliphatic carbocycles. The topological polar surface area (TPSA) is 54.9 Å². The Bertz CT molecular complexity index is 774. The van der Waals surface area contributed by atoms with Crippen molar-refractivity contribution in [3.8, 4) is 0 Å². The summed E-state index contributed by atoms with van der Waals surface area (Å²) in [6.45, 7) is 3.97. The lowest BCUT2D eigenvalue weighted by atomic mass is 10.1. The molecule has 0 saturated carbocycles. The number of carbonyl (C=O) groups is 1. The van der Waals surface area contributed by atoms with E-state index < -0.39 is 0 Å². The fourth-order valence-electron chi connectivity index (χ4n) is 2.12. The molecule has 1 N–H and O–H groups in total. The summed E-state index contributed by atoms with van der Waals surface area (Å²) in [5.41, 5.74) is 4.42. The van der Waals surface area contributed by atoms with E-state index in [-0.39, 0.29) is 5.91 Å². The van der Waals surface area contributed by atoms with Crippen LogP contribution in [0.2, 0.25) is 0 Å². The minimum absolute atomic E-state index is 0.113. The molecule has 0 fully saturated rings. The van der Waals surface area contributed by atoms with Gasteiger partial charge in [0.25, 0.3) is 5.91 Å². The number of amides is 1. The van der Waals surface area contributed by atoms with Gasteiger partial charge in [-0.2, -0.15) is 0 Å². The van der Waals surface area contributed by atoms with Gasteiger partial charge in [0.15, 0.2) is 0 Å². The second-order valence-corrected chi connectivity index (χ2v) is 5.46. The standard InChI is InChI=1S/C15H13N3OS/c1-9-4-3-5-10(2)14(9)16-15(19)11-6-7-12-13(8-11)20-18-17-12/h3-8H,1-2H3,(H,16,19). The van der Waals surface area contributed by atoms with Gasteiger partial charge in [-0.25, -0.2) is 0 Å². The monoisotopic (exact) mass is 283 g/mol. The molecular formula is C15H13N3OS. The molecule has 1 amide bonds. The van der Waals surface area contributed by atoms with Crippen molar-refractivity contribution in [2.75, 3.05) is 5.32 Å². The third-order valence-electron chi connectivity index (χ3n) is 3.23. The summed E-state index contributed by atoms with van der Waals surface area (Å²) >= 11 is 1.29. The van der Waals surface area contributed by atoms with Crippen LogP contribution in [0.15, 0.2) is 36.4 Å². The Morgan fingerprint density at radius 3 is 2.65 bits per heavy atom. The Labute approximate surface area is 120 Å². The van der Waals surface area contributed by atoms with E-state index in [4.69, 9.17) is 0 Å². The molecule has 4 nitrogen and oxygen atoms in total. The van der Waals surface area contributed by atoms with E-state index in [2.05, 4.69) is 14.9 Å². The highest BCUT2D eigenvalue weighted by Crippen LogP contribution is 2.22. The lowest BCUT2D eigenvalue weighted by Gasteiger charge is -2.11. The molecule has 3 rings (SSSR count). The van der Waals surface area contributed by atoms with Gasteiger partial charge in [-0.1, -0.05) is 22.7 Å². The SMILES string of the molecule is Cc1cccc(C)c1NC(=O)c1ccc2nnsc2c1. The zero-order valence-corrected chi connectivity index (χ0v) is 12.0. The first kappa shape index (κ1) is 12.7. The van der Waals surface area contributed by atoms with Crippen LogP contribution in [0.25, 0.3) is 10.2 Å². The van der Waals surface area contributed by atoms with Gasteiger partial charge < -0.3 is 5.32 Å². The summed E-state index contributed by atoms with van der Waals surface area (Å²) < 4.78 is 4.79. The predicted octanol–water partition coefficient (Wildman–Crippen LogP) is 3.56. The highest BCUT2D eigenvalue weighted by atomic mass is 32.1. The fraction of sp³-hybridized carbons (Fsp3) is 0.133. The largest absolute Gasteiger partial charge is 0.322 e. The van der Waals surface area contributed by atoms with E-state index in [0.717, 1.165) is 27.0 Å². The van der Waals surface area contributed by atoms with Crippen LogP contribution in [-0.2, 0) is 0 Å². The first-order valence-corrected chi connectivity index (χ1v) is 7.02. The van der Waals surface area contributed by atoms with Gasteiger partial charge in [-0.15, -0.1) is 5.10 Å². The van der Waals surface area contributed by atoms with E-state index in [1.165, 1.54) is 11.5 Å². The Balaban J connectivity index is 1.92. The van der Waals surface area contributed by atoms with Crippen LogP contribution in [0.1, 0.15) is 21.5 Å². The number of anilines is 1. The van der Waals surface area contributed by atoms with Crippen molar-refractivity contribution >= 4 is 33.3 Å². The van der Waals surface area contributed by atoms with Gasteiger partial charge in [0, 0.05) is 11.3 Å². The maximum atomic E-state index is 12.3. The number of nitrogens with zero attached hydrogens (tertiary/aromatic N) is 2. The van der Waals surface area contributed by atoms with Crippen LogP contribution in [0, 0.1) is 13.8 Å². The fourth-order valence-corrected chi connectivity index (χ4v) is 2.72. The van der Waals surface area contributed by atoms with Crippen LogP contribution in [0.3, 0.4) is 0 Å². The molecule has 2 aromatic carbocycles. The average Bonchev–Trinajstić information content (AvgIpc) is 2.90. The second kappa shape index (κ2) is 5.02. The third kappa shape index (κ3) is 2.28. The Morgan fingerprint density at radius 2 is 1.90 bits per heavy atom. The molecule has 3 aromatic rings. The van der Waals surface area contributed by atoms with Crippen molar-refractivity contribution in [1.82, 2.24) is 9.59 Å². The second-order valence-electron chi connectivity index (χ2n) is 4.68. The molecule has 5 heteroatoms. The maximum absolute atomic E-state index is 12.3. The third-order valence-corrected chi connectivity index (χ3v) is 3.92. The van der Waals surface area contributed by atoms with Gasteiger partial charge in [-0.05, 0) is 54.7 Å². The number of para-hydroxylation sites is 1. The van der Waals surface area contributed by atoms with Gasteiger partial charge >= 0.3 is 0 Å². The number of carbonyl (C=O) groups excluding carboxylic acids is 1. The van der Waals surface area contributed by atoms with Gasteiger partial charge in [0.05, 0.1) is 4.70 Å². The molecule has 0 saturated heterocycles. The van der Waals surface area contributed by atoms with Crippen molar-refractivity contribution in [2.45, 2.75) is 13.8 Å². The lowest BCUT2D eigenvalue weighted by Crippen LogP contribution is -2.13. The molecule has 0 radical (unpaired) electrons. The molecule has 100 valence electrons. The normalized spacial score (nSPS) is 10.7. The molecule has 1 heterocycles. The number of nitrogens with one attached hydrogen (secondary N) is 1. The molecule has 0 aliphatic rings. The van der Waals surface area contributed by atoms with Gasteiger partial charge in [-0.3, -0.25) is 4.79 Å². The number of rotatable bonds is 2. The minimum atomic E-state index is -0.113. The van der Waals surface area contributed by atoms with Crippen molar-refractivity contribution in [2.24, 2.45) is 0 Å². The summed E-state index contributed by atoms with van der Waals surface area (Å²) in [6, 6.07) is 11.4. The van der Waals surface area contributed by atoms with Crippen LogP contribution in [-0.4, -0.2) is 15.5 Å². The predicted molar refractivity (Wildman–Crippen MR) is 81.3 cm³/mol. The number of aromatic nitrogens is 2. The van der Waals surface area contributed by atoms with Crippen molar-refractivity contribution in [3.63, 3.8) is 0 Å². The number of hydrogen-bond acceptors (Lipinski definition) is 4. The van der Waals surface area contributed by atoms with Crippen LogP contribution in [0.4, 0.5) is 5.69 Å². The van der Waals surface area contributed by atoms with Crippen molar-refractivity contribution in [1.29, 1.82) is 0 Å². The number of fused-ring (bicyclic) bond motifs is 1. The molecule has 0 bridgehead atoms. The number of hydrogen-bond donors (Lipinski definition) is 1. The van der Waals surface area contributed by atoms with Gasteiger partial charge in [0.2, 0.25) is 0 Å². The molecule has 0 aliphatic heterocycles. The van der Waals surface area contributed by atoms with E-state index >= 15 is 0 Å². The first-order chi connectivity index (χ1) is 9.65. The van der Waals surface area contributed by atoms with Crippen LogP contribution in [0.5, 0.6) is 0 Å². The summed E-state index contributed by atoms with van der Waals surface area (Å²) in [7, 11) is 0. The van der Waals surface area contributed by atoms with Crippen LogP contribution >= 0.6 is 11.5 Å². The highest BCUT2D eigenvalue weighted by molar-refractivity contribution is 7.12. The molecule has 0 atom stereocenters. The van der Waals surface area contributed by atoms with E-state index in [1.54, 1.807) is 6.07 Å². The number of benzene rings is 2. The summed E-state index contributed by atoms with van der Waals surface area (Å²) in [5, 5.41) is 6.94. The summed E-state index contributed by atoms with van der Waals surface area (Å²) in [5.74, 6) is -0.113. The summed E-state index contributed by atoms with van der Waals surface area (Å²) in [6.07, 6.45) is 0. The summed E-state index contributed by atoms with van der Waals surface area (Å²) in [4.78, 5) is 12.3. The van der Waals surface area contributed by atoms with E-state index in [0.29, 0.717) is 5.56 Å². The molecule has 20 heavy (non-hydrogen) atoms. The molecule has 0 spiro atoms.